The lowest BCUT2D eigenvalue weighted by molar-refractivity contribution is -0.120. The van der Waals surface area contributed by atoms with Crippen molar-refractivity contribution < 1.29 is 9.53 Å². The summed E-state index contributed by atoms with van der Waals surface area (Å²) in [6.45, 7) is 0.647. The van der Waals surface area contributed by atoms with Crippen LogP contribution in [0.25, 0.3) is 10.9 Å². The molecule has 4 rings (SSSR count). The molecule has 120 valence electrons. The number of aromatic nitrogens is 2. The molecule has 5 nitrogen and oxygen atoms in total. The highest BCUT2D eigenvalue weighted by Crippen LogP contribution is 2.34. The van der Waals surface area contributed by atoms with Gasteiger partial charge in [-0.25, -0.2) is 9.97 Å². The predicted octanol–water partition coefficient (Wildman–Crippen LogP) is 3.15. The van der Waals surface area contributed by atoms with E-state index in [0.29, 0.717) is 12.4 Å². The number of anilines is 1. The van der Waals surface area contributed by atoms with E-state index in [1.165, 1.54) is 6.33 Å². The van der Waals surface area contributed by atoms with E-state index in [4.69, 9.17) is 4.74 Å². The normalized spacial score (nSPS) is 13.6. The summed E-state index contributed by atoms with van der Waals surface area (Å²) in [5.41, 5.74) is 1.75. The van der Waals surface area contributed by atoms with Crippen LogP contribution in [0.1, 0.15) is 0 Å². The van der Waals surface area contributed by atoms with E-state index in [1.807, 2.05) is 48.5 Å². The number of carbonyl (C=O) groups is 1. The number of nitrogens with zero attached hydrogens (tertiary/aromatic N) is 3. The molecule has 2 heterocycles. The lowest BCUT2D eigenvalue weighted by Gasteiger charge is -2.28. The number of amides is 1. The van der Waals surface area contributed by atoms with Crippen molar-refractivity contribution >= 4 is 34.3 Å². The first kappa shape index (κ1) is 15.0. The van der Waals surface area contributed by atoms with Crippen molar-refractivity contribution in [3.63, 3.8) is 0 Å². The fourth-order valence-electron chi connectivity index (χ4n) is 2.73. The molecule has 0 bridgehead atoms. The van der Waals surface area contributed by atoms with Gasteiger partial charge in [0.05, 0.1) is 16.6 Å². The monoisotopic (exact) mass is 337 g/mol. The van der Waals surface area contributed by atoms with Crippen LogP contribution in [0.5, 0.6) is 5.88 Å². The van der Waals surface area contributed by atoms with Gasteiger partial charge in [0.25, 0.3) is 5.91 Å². The predicted molar refractivity (Wildman–Crippen MR) is 94.6 cm³/mol. The van der Waals surface area contributed by atoms with E-state index in [-0.39, 0.29) is 12.5 Å². The third kappa shape index (κ3) is 2.80. The van der Waals surface area contributed by atoms with Gasteiger partial charge in [0.1, 0.15) is 6.33 Å². The number of fused-ring (bicyclic) bond motifs is 2. The molecule has 1 aliphatic heterocycles. The minimum atomic E-state index is -0.0644. The Hall–Kier alpha value is -2.60. The molecule has 0 saturated carbocycles. The Bertz CT molecular complexity index is 895. The molecule has 1 aliphatic rings. The van der Waals surface area contributed by atoms with Gasteiger partial charge in [0.15, 0.2) is 6.61 Å². The molecule has 2 aromatic carbocycles. The van der Waals surface area contributed by atoms with Crippen LogP contribution in [0.4, 0.5) is 5.69 Å². The van der Waals surface area contributed by atoms with Crippen LogP contribution >= 0.6 is 11.8 Å². The van der Waals surface area contributed by atoms with Crippen LogP contribution in [0, 0.1) is 0 Å². The maximum atomic E-state index is 12.6. The number of ether oxygens (including phenoxy) is 1. The topological polar surface area (TPSA) is 55.3 Å². The van der Waals surface area contributed by atoms with Crippen LogP contribution in [0.2, 0.25) is 0 Å². The Kier molecular flexibility index (Phi) is 4.04. The second-order valence-electron chi connectivity index (χ2n) is 5.35. The number of para-hydroxylation sites is 2. The van der Waals surface area contributed by atoms with Gasteiger partial charge in [0, 0.05) is 17.2 Å². The summed E-state index contributed by atoms with van der Waals surface area (Å²) >= 11 is 1.77. The first-order valence-corrected chi connectivity index (χ1v) is 8.66. The second-order valence-corrected chi connectivity index (χ2v) is 6.48. The molecule has 0 saturated heterocycles. The second kappa shape index (κ2) is 6.49. The van der Waals surface area contributed by atoms with Crippen LogP contribution in [0.15, 0.2) is 59.8 Å². The quantitative estimate of drug-likeness (QED) is 0.735. The van der Waals surface area contributed by atoms with E-state index in [1.54, 1.807) is 16.7 Å². The fraction of sp³-hybridized carbons (Fsp3) is 0.167. The van der Waals surface area contributed by atoms with Gasteiger partial charge < -0.3 is 9.64 Å². The third-order valence-electron chi connectivity index (χ3n) is 3.87. The van der Waals surface area contributed by atoms with Gasteiger partial charge in [-0.15, -0.1) is 11.8 Å². The zero-order chi connectivity index (χ0) is 16.4. The Balaban J connectivity index is 1.53. The van der Waals surface area contributed by atoms with E-state index in [2.05, 4.69) is 9.97 Å². The minimum Gasteiger partial charge on any atom is -0.467 e. The van der Waals surface area contributed by atoms with Crippen LogP contribution in [-0.4, -0.2) is 34.8 Å². The third-order valence-corrected chi connectivity index (χ3v) is 4.91. The maximum absolute atomic E-state index is 12.6. The fourth-order valence-corrected chi connectivity index (χ4v) is 3.73. The van der Waals surface area contributed by atoms with Crippen LogP contribution in [0.3, 0.4) is 0 Å². The molecule has 6 heteroatoms. The maximum Gasteiger partial charge on any atom is 0.265 e. The number of rotatable bonds is 3. The Morgan fingerprint density at radius 1 is 1.12 bits per heavy atom. The molecule has 24 heavy (non-hydrogen) atoms. The highest BCUT2D eigenvalue weighted by atomic mass is 32.2. The van der Waals surface area contributed by atoms with Gasteiger partial charge >= 0.3 is 0 Å². The number of hydrogen-bond acceptors (Lipinski definition) is 5. The number of thioether (sulfide) groups is 1. The minimum absolute atomic E-state index is 0.0417. The van der Waals surface area contributed by atoms with Crippen molar-refractivity contribution in [3.8, 4) is 5.88 Å². The van der Waals surface area contributed by atoms with Crippen molar-refractivity contribution in [2.75, 3.05) is 23.8 Å². The van der Waals surface area contributed by atoms with Crippen LogP contribution < -0.4 is 9.64 Å². The molecular formula is C18H15N3O2S. The molecule has 1 amide bonds. The summed E-state index contributed by atoms with van der Waals surface area (Å²) in [5, 5.41) is 0.808. The molecule has 0 spiro atoms. The van der Waals surface area contributed by atoms with Gasteiger partial charge in [-0.1, -0.05) is 24.3 Å². The SMILES string of the molecule is O=C(COc1ncnc2ccccc12)N1CCSc2ccccc21. The van der Waals surface area contributed by atoms with E-state index < -0.39 is 0 Å². The summed E-state index contributed by atoms with van der Waals surface area (Å²) in [6, 6.07) is 15.5. The van der Waals surface area contributed by atoms with Crippen molar-refractivity contribution in [1.29, 1.82) is 0 Å². The van der Waals surface area contributed by atoms with Gasteiger partial charge in [-0.05, 0) is 24.3 Å². The summed E-state index contributed by atoms with van der Waals surface area (Å²) in [5.74, 6) is 1.26. The summed E-state index contributed by atoms with van der Waals surface area (Å²) in [7, 11) is 0. The molecular weight excluding hydrogens is 322 g/mol. The van der Waals surface area contributed by atoms with Crippen molar-refractivity contribution in [1.82, 2.24) is 9.97 Å². The van der Waals surface area contributed by atoms with Crippen molar-refractivity contribution in [2.45, 2.75) is 4.90 Å². The zero-order valence-corrected chi connectivity index (χ0v) is 13.7. The van der Waals surface area contributed by atoms with E-state index in [0.717, 1.165) is 27.2 Å². The molecule has 1 aromatic heterocycles. The lowest BCUT2D eigenvalue weighted by Crippen LogP contribution is -2.38. The molecule has 0 aliphatic carbocycles. The summed E-state index contributed by atoms with van der Waals surface area (Å²) in [6.07, 6.45) is 1.45. The van der Waals surface area contributed by atoms with E-state index in [9.17, 15) is 4.79 Å². The number of benzene rings is 2. The molecule has 0 fully saturated rings. The Labute approximate surface area is 143 Å². The summed E-state index contributed by atoms with van der Waals surface area (Å²) in [4.78, 5) is 23.9. The molecule has 0 N–H and O–H groups in total. The van der Waals surface area contributed by atoms with Crippen molar-refractivity contribution in [3.05, 3.63) is 54.9 Å². The first-order valence-electron chi connectivity index (χ1n) is 7.68. The average molecular weight is 337 g/mol. The molecule has 0 unspecified atom stereocenters. The van der Waals surface area contributed by atoms with Gasteiger partial charge in [0.2, 0.25) is 5.88 Å². The number of hydrogen-bond donors (Lipinski definition) is 0. The molecule has 3 aromatic rings. The van der Waals surface area contributed by atoms with E-state index >= 15 is 0 Å². The number of carbonyl (C=O) groups excluding carboxylic acids is 1. The largest absolute Gasteiger partial charge is 0.467 e. The average Bonchev–Trinajstić information content (AvgIpc) is 2.65. The summed E-state index contributed by atoms with van der Waals surface area (Å²) < 4.78 is 5.70. The lowest BCUT2D eigenvalue weighted by atomic mass is 10.2. The smallest absolute Gasteiger partial charge is 0.265 e. The standard InChI is InChI=1S/C18H15N3O2S/c22-17(21-9-10-24-16-8-4-3-7-15(16)21)11-23-18-13-5-1-2-6-14(13)19-12-20-18/h1-8,12H,9-11H2. The molecule has 0 radical (unpaired) electrons. The molecule has 0 atom stereocenters. The highest BCUT2D eigenvalue weighted by Gasteiger charge is 2.23. The van der Waals surface area contributed by atoms with Gasteiger partial charge in [-0.2, -0.15) is 0 Å². The highest BCUT2D eigenvalue weighted by molar-refractivity contribution is 7.99. The Morgan fingerprint density at radius 2 is 1.96 bits per heavy atom. The van der Waals surface area contributed by atoms with Crippen LogP contribution in [-0.2, 0) is 4.79 Å². The zero-order valence-electron chi connectivity index (χ0n) is 12.9. The van der Waals surface area contributed by atoms with Gasteiger partial charge in [-0.3, -0.25) is 4.79 Å². The Morgan fingerprint density at radius 3 is 2.92 bits per heavy atom. The van der Waals surface area contributed by atoms with Crippen molar-refractivity contribution in [2.24, 2.45) is 0 Å². The first-order chi connectivity index (χ1) is 11.8.